The number of hydrogen-bond acceptors (Lipinski definition) is 5. The number of hydrogen-bond donors (Lipinski definition) is 2. The van der Waals surface area contributed by atoms with E-state index in [1.807, 2.05) is 4.72 Å². The maximum Gasteiger partial charge on any atom is 0.321 e. The molecule has 0 aliphatic carbocycles. The number of amides is 1. The first-order valence-corrected chi connectivity index (χ1v) is 9.84. The monoisotopic (exact) mass is 472 g/mol. The van der Waals surface area contributed by atoms with Crippen molar-refractivity contribution in [2.45, 2.75) is 17.9 Å². The van der Waals surface area contributed by atoms with Crippen LogP contribution in [0.5, 0.6) is 0 Å². The van der Waals surface area contributed by atoms with E-state index in [1.54, 1.807) is 0 Å². The molecule has 0 spiro atoms. The van der Waals surface area contributed by atoms with Crippen LogP contribution >= 0.6 is 39.1 Å². The van der Waals surface area contributed by atoms with Crippen molar-refractivity contribution in [3.63, 3.8) is 0 Å². The van der Waals surface area contributed by atoms with Gasteiger partial charge in [0.25, 0.3) is 5.91 Å². The van der Waals surface area contributed by atoms with Crippen LogP contribution in [0.4, 0.5) is 0 Å². The van der Waals surface area contributed by atoms with Crippen molar-refractivity contribution in [1.82, 2.24) is 10.0 Å². The van der Waals surface area contributed by atoms with E-state index in [0.717, 1.165) is 0 Å². The van der Waals surface area contributed by atoms with Crippen LogP contribution in [0.2, 0.25) is 10.0 Å². The quantitative estimate of drug-likeness (QED) is 0.445. The maximum absolute atomic E-state index is 12.3. The van der Waals surface area contributed by atoms with E-state index in [1.165, 1.54) is 25.1 Å². The Hall–Kier alpha value is -1.13. The molecule has 0 aliphatic rings. The molecule has 1 atom stereocenters. The summed E-state index contributed by atoms with van der Waals surface area (Å²) in [6.45, 7) is 4.31. The average Bonchev–Trinajstić information content (AvgIpc) is 2.49. The van der Waals surface area contributed by atoms with Crippen LogP contribution in [-0.4, -0.2) is 39.5 Å². The van der Waals surface area contributed by atoms with E-state index in [-0.39, 0.29) is 21.5 Å². The molecule has 7 nitrogen and oxygen atoms in total. The molecule has 0 unspecified atom stereocenters. The zero-order chi connectivity index (χ0) is 19.2. The summed E-state index contributed by atoms with van der Waals surface area (Å²) in [6, 6.07) is 2.71. The third kappa shape index (κ3) is 6.59. The number of halogens is 3. The van der Waals surface area contributed by atoms with Crippen LogP contribution in [-0.2, 0) is 24.3 Å². The fourth-order valence-corrected chi connectivity index (χ4v) is 4.52. The third-order valence-corrected chi connectivity index (χ3v) is 5.52. The number of rotatable bonds is 8. The Morgan fingerprint density at radius 3 is 2.44 bits per heavy atom. The summed E-state index contributed by atoms with van der Waals surface area (Å²) in [7, 11) is -4.15. The van der Waals surface area contributed by atoms with Crippen LogP contribution in [0.3, 0.4) is 0 Å². The molecule has 0 heterocycles. The lowest BCUT2D eigenvalue weighted by atomic mass is 10.3. The molecule has 0 bridgehead atoms. The van der Waals surface area contributed by atoms with Gasteiger partial charge in [-0.1, -0.05) is 45.2 Å². The Kier molecular flexibility index (Phi) is 8.36. The highest BCUT2D eigenvalue weighted by Crippen LogP contribution is 2.32. The van der Waals surface area contributed by atoms with Crippen molar-refractivity contribution in [2.24, 2.45) is 0 Å². The molecule has 25 heavy (non-hydrogen) atoms. The summed E-state index contributed by atoms with van der Waals surface area (Å²) < 4.78 is 31.9. The third-order valence-electron chi connectivity index (χ3n) is 2.74. The first kappa shape index (κ1) is 21.9. The minimum absolute atomic E-state index is 0.114. The zero-order valence-corrected chi connectivity index (χ0v) is 16.9. The molecule has 0 saturated heterocycles. The molecule has 0 radical (unpaired) electrons. The molecule has 0 saturated carbocycles. The highest BCUT2D eigenvalue weighted by atomic mass is 79.9. The lowest BCUT2D eigenvalue weighted by Crippen LogP contribution is -2.38. The molecule has 2 N–H and O–H groups in total. The van der Waals surface area contributed by atoms with Crippen molar-refractivity contribution in [3.8, 4) is 0 Å². The van der Waals surface area contributed by atoms with E-state index < -0.39 is 34.5 Å². The molecule has 0 aromatic heterocycles. The first-order chi connectivity index (χ1) is 11.6. The highest BCUT2D eigenvalue weighted by Gasteiger charge is 2.24. The number of esters is 1. The summed E-state index contributed by atoms with van der Waals surface area (Å²) in [4.78, 5) is 22.9. The fourth-order valence-electron chi connectivity index (χ4n) is 1.62. The second kappa shape index (κ2) is 9.54. The van der Waals surface area contributed by atoms with Crippen LogP contribution < -0.4 is 10.0 Å². The Morgan fingerprint density at radius 1 is 1.36 bits per heavy atom. The minimum atomic E-state index is -4.15. The van der Waals surface area contributed by atoms with Gasteiger partial charge in [-0.25, -0.2) is 8.42 Å². The minimum Gasteiger partial charge on any atom is -0.452 e. The SMILES string of the molecule is C=CCNC(=O)[C@H](C)OC(=O)CNS(=O)(=O)c1c(Cl)cc(Br)cc1Cl. The van der Waals surface area contributed by atoms with Gasteiger partial charge in [0, 0.05) is 11.0 Å². The molecule has 11 heteroatoms. The van der Waals surface area contributed by atoms with Gasteiger partial charge in [0.2, 0.25) is 10.0 Å². The average molecular weight is 474 g/mol. The Balaban J connectivity index is 2.72. The van der Waals surface area contributed by atoms with Gasteiger partial charge < -0.3 is 10.1 Å². The molecule has 1 aromatic rings. The summed E-state index contributed by atoms with van der Waals surface area (Å²) in [5, 5.41) is 2.22. The van der Waals surface area contributed by atoms with E-state index in [0.29, 0.717) is 4.47 Å². The largest absolute Gasteiger partial charge is 0.452 e. The maximum atomic E-state index is 12.3. The van der Waals surface area contributed by atoms with Gasteiger partial charge in [0.15, 0.2) is 6.10 Å². The van der Waals surface area contributed by atoms with Gasteiger partial charge in [0.1, 0.15) is 11.4 Å². The molecular formula is C14H15BrCl2N2O5S. The molecule has 138 valence electrons. The van der Waals surface area contributed by atoms with Crippen LogP contribution in [0.25, 0.3) is 0 Å². The molecule has 1 rings (SSSR count). The molecule has 0 fully saturated rings. The van der Waals surface area contributed by atoms with Gasteiger partial charge >= 0.3 is 5.97 Å². The second-order valence-electron chi connectivity index (χ2n) is 4.69. The highest BCUT2D eigenvalue weighted by molar-refractivity contribution is 9.10. The van der Waals surface area contributed by atoms with E-state index >= 15 is 0 Å². The van der Waals surface area contributed by atoms with Crippen LogP contribution in [0.15, 0.2) is 34.2 Å². The fraction of sp³-hybridized carbons (Fsp3) is 0.286. The van der Waals surface area contributed by atoms with Gasteiger partial charge in [-0.3, -0.25) is 9.59 Å². The molecule has 0 aliphatic heterocycles. The van der Waals surface area contributed by atoms with Crippen molar-refractivity contribution in [2.75, 3.05) is 13.1 Å². The Morgan fingerprint density at radius 2 is 1.92 bits per heavy atom. The predicted molar refractivity (Wildman–Crippen MR) is 98.1 cm³/mol. The lowest BCUT2D eigenvalue weighted by molar-refractivity contribution is -0.153. The first-order valence-electron chi connectivity index (χ1n) is 6.80. The Labute approximate surface area is 163 Å². The molecule has 1 aromatic carbocycles. The van der Waals surface area contributed by atoms with E-state index in [9.17, 15) is 18.0 Å². The number of sulfonamides is 1. The molecule has 1 amide bonds. The number of carbonyl (C=O) groups is 2. The van der Waals surface area contributed by atoms with Gasteiger partial charge in [-0.15, -0.1) is 6.58 Å². The van der Waals surface area contributed by atoms with Gasteiger partial charge in [-0.05, 0) is 19.1 Å². The second-order valence-corrected chi connectivity index (χ2v) is 8.12. The lowest BCUT2D eigenvalue weighted by Gasteiger charge is -2.14. The van der Waals surface area contributed by atoms with Crippen molar-refractivity contribution in [3.05, 3.63) is 39.3 Å². The summed E-state index contributed by atoms with van der Waals surface area (Å²) in [5.41, 5.74) is 0. The van der Waals surface area contributed by atoms with Crippen LogP contribution in [0, 0.1) is 0 Å². The van der Waals surface area contributed by atoms with Crippen LogP contribution in [0.1, 0.15) is 6.92 Å². The predicted octanol–water partition coefficient (Wildman–Crippen LogP) is 2.27. The van der Waals surface area contributed by atoms with E-state index in [4.69, 9.17) is 27.9 Å². The smallest absolute Gasteiger partial charge is 0.321 e. The summed E-state index contributed by atoms with van der Waals surface area (Å²) in [6.07, 6.45) is 0.378. The van der Waals surface area contributed by atoms with Crippen molar-refractivity contribution < 1.29 is 22.7 Å². The Bertz CT molecular complexity index is 762. The van der Waals surface area contributed by atoms with Crippen molar-refractivity contribution >= 4 is 61.0 Å². The topological polar surface area (TPSA) is 102 Å². The van der Waals surface area contributed by atoms with E-state index in [2.05, 4.69) is 27.8 Å². The normalized spacial score (nSPS) is 12.3. The molecular weight excluding hydrogens is 459 g/mol. The number of benzene rings is 1. The summed E-state index contributed by atoms with van der Waals surface area (Å²) >= 11 is 14.9. The number of nitrogens with one attached hydrogen (secondary N) is 2. The summed E-state index contributed by atoms with van der Waals surface area (Å²) in [5.74, 6) is -1.47. The van der Waals surface area contributed by atoms with Crippen molar-refractivity contribution in [1.29, 1.82) is 0 Å². The number of ether oxygens (including phenoxy) is 1. The zero-order valence-electron chi connectivity index (χ0n) is 13.0. The number of carbonyl (C=O) groups excluding carboxylic acids is 2. The van der Waals surface area contributed by atoms with Gasteiger partial charge in [-0.2, -0.15) is 4.72 Å². The van der Waals surface area contributed by atoms with Gasteiger partial charge in [0.05, 0.1) is 10.0 Å². The standard InChI is InChI=1S/C14H15BrCl2N2O5S/c1-3-4-18-14(21)8(2)24-12(20)7-19-25(22,23)13-10(16)5-9(15)6-11(13)17/h3,5-6,8,19H,1,4,7H2,2H3,(H,18,21)/t8-/m0/s1.